The quantitative estimate of drug-likeness (QED) is 0.751. The van der Waals surface area contributed by atoms with Gasteiger partial charge in [-0.1, -0.05) is 37.1 Å². The van der Waals surface area contributed by atoms with E-state index >= 15 is 0 Å². The molecule has 0 aliphatic heterocycles. The summed E-state index contributed by atoms with van der Waals surface area (Å²) in [6.45, 7) is 3.07. The lowest BCUT2D eigenvalue weighted by Gasteiger charge is -2.08. The molecule has 0 unspecified atom stereocenters. The summed E-state index contributed by atoms with van der Waals surface area (Å²) in [5.41, 5.74) is 1.15. The topological polar surface area (TPSA) is 64.0 Å². The van der Waals surface area contributed by atoms with Crippen molar-refractivity contribution in [3.05, 3.63) is 47.2 Å². The maximum atomic E-state index is 12.2. The summed E-state index contributed by atoms with van der Waals surface area (Å²) in [5, 5.41) is 4.62. The molecule has 0 aliphatic carbocycles. The Hall–Kier alpha value is -1.37. The largest absolute Gasteiger partial charge is 0.271 e. The van der Waals surface area contributed by atoms with Crippen LogP contribution in [0.5, 0.6) is 0 Å². The number of nitrogens with one attached hydrogen (secondary N) is 1. The van der Waals surface area contributed by atoms with Crippen molar-refractivity contribution in [3.63, 3.8) is 0 Å². The Morgan fingerprint density at radius 2 is 2.00 bits per heavy atom. The highest BCUT2D eigenvalue weighted by Crippen LogP contribution is 2.12. The van der Waals surface area contributed by atoms with Gasteiger partial charge in [0.05, 0.1) is 16.1 Å². The monoisotopic (exact) mass is 341 g/mol. The second kappa shape index (κ2) is 7.76. The second-order valence-electron chi connectivity index (χ2n) is 5.07. The van der Waals surface area contributed by atoms with Gasteiger partial charge >= 0.3 is 0 Å². The van der Waals surface area contributed by atoms with Crippen LogP contribution in [-0.2, 0) is 23.0 Å². The normalized spacial score (nSPS) is 11.7. The number of aryl methyl sites for hydroxylation is 2. The Labute approximate surface area is 136 Å². The Morgan fingerprint density at radius 3 is 2.59 bits per heavy atom. The first-order valence-electron chi connectivity index (χ1n) is 7.28. The van der Waals surface area contributed by atoms with Crippen LogP contribution < -0.4 is 4.72 Å². The molecule has 0 saturated heterocycles. The molecule has 1 aromatic heterocycles. The lowest BCUT2D eigenvalue weighted by atomic mass is 10.1. The van der Waals surface area contributed by atoms with Crippen LogP contribution in [0.25, 0.3) is 0 Å². The Kier molecular flexibility index (Phi) is 5.99. The molecule has 0 bridgehead atoms. The fraction of sp³-hybridized carbons (Fsp3) is 0.400. The third kappa shape index (κ3) is 4.83. The van der Waals surface area contributed by atoms with Crippen molar-refractivity contribution >= 4 is 21.6 Å². The lowest BCUT2D eigenvalue weighted by molar-refractivity contribution is 0.553. The zero-order valence-electron chi connectivity index (χ0n) is 12.5. The molecule has 5 nitrogen and oxygen atoms in total. The van der Waals surface area contributed by atoms with Gasteiger partial charge in [-0.3, -0.25) is 4.68 Å². The van der Waals surface area contributed by atoms with Gasteiger partial charge in [-0.2, -0.15) is 5.10 Å². The second-order valence-corrected chi connectivity index (χ2v) is 7.27. The van der Waals surface area contributed by atoms with E-state index in [-0.39, 0.29) is 0 Å². The van der Waals surface area contributed by atoms with Crippen molar-refractivity contribution in [2.75, 3.05) is 6.54 Å². The fourth-order valence-electron chi connectivity index (χ4n) is 2.12. The first kappa shape index (κ1) is 17.0. The number of sulfonamides is 1. The molecule has 0 fully saturated rings. The summed E-state index contributed by atoms with van der Waals surface area (Å²) >= 11 is 5.77. The highest BCUT2D eigenvalue weighted by molar-refractivity contribution is 7.89. The van der Waals surface area contributed by atoms with E-state index in [0.717, 1.165) is 18.4 Å². The Balaban J connectivity index is 1.85. The molecule has 1 heterocycles. The SMILES string of the molecule is CCCc1ccc(S(=O)(=O)NCCCn2cc(Cl)cn2)cc1. The van der Waals surface area contributed by atoms with E-state index in [1.54, 1.807) is 29.2 Å². The maximum Gasteiger partial charge on any atom is 0.240 e. The molecule has 22 heavy (non-hydrogen) atoms. The van der Waals surface area contributed by atoms with Crippen LogP contribution in [0.1, 0.15) is 25.3 Å². The number of aromatic nitrogens is 2. The van der Waals surface area contributed by atoms with E-state index in [0.29, 0.717) is 29.4 Å². The number of hydrogen-bond donors (Lipinski definition) is 1. The molecular weight excluding hydrogens is 322 g/mol. The Bertz CT molecular complexity index is 696. The predicted molar refractivity (Wildman–Crippen MR) is 87.5 cm³/mol. The van der Waals surface area contributed by atoms with Crippen molar-refractivity contribution < 1.29 is 8.42 Å². The van der Waals surface area contributed by atoms with E-state index in [2.05, 4.69) is 16.7 Å². The molecule has 2 aromatic rings. The molecule has 1 N–H and O–H groups in total. The van der Waals surface area contributed by atoms with E-state index in [1.807, 2.05) is 12.1 Å². The molecular formula is C15H20ClN3O2S. The summed E-state index contributed by atoms with van der Waals surface area (Å²) in [4.78, 5) is 0.300. The lowest BCUT2D eigenvalue weighted by Crippen LogP contribution is -2.25. The molecule has 0 aliphatic rings. The third-order valence-corrected chi connectivity index (χ3v) is 4.90. The van der Waals surface area contributed by atoms with Crippen LogP contribution in [0.2, 0.25) is 5.02 Å². The number of rotatable bonds is 8. The van der Waals surface area contributed by atoms with Crippen LogP contribution in [0.4, 0.5) is 0 Å². The summed E-state index contributed by atoms with van der Waals surface area (Å²) in [5.74, 6) is 0. The smallest absolute Gasteiger partial charge is 0.240 e. The van der Waals surface area contributed by atoms with Crippen LogP contribution in [-0.4, -0.2) is 24.7 Å². The van der Waals surface area contributed by atoms with Crippen molar-refractivity contribution in [1.82, 2.24) is 14.5 Å². The van der Waals surface area contributed by atoms with Gasteiger partial charge in [-0.05, 0) is 30.5 Å². The number of hydrogen-bond acceptors (Lipinski definition) is 3. The molecule has 0 radical (unpaired) electrons. The van der Waals surface area contributed by atoms with Crippen molar-refractivity contribution in [3.8, 4) is 0 Å². The van der Waals surface area contributed by atoms with Gasteiger partial charge in [-0.25, -0.2) is 13.1 Å². The first-order chi connectivity index (χ1) is 10.5. The van der Waals surface area contributed by atoms with Gasteiger partial charge in [0.15, 0.2) is 0 Å². The van der Waals surface area contributed by atoms with E-state index in [9.17, 15) is 8.42 Å². The highest BCUT2D eigenvalue weighted by atomic mass is 35.5. The average Bonchev–Trinajstić information content (AvgIpc) is 2.90. The minimum atomic E-state index is -3.45. The summed E-state index contributed by atoms with van der Waals surface area (Å²) < 4.78 is 28.6. The Morgan fingerprint density at radius 1 is 1.27 bits per heavy atom. The average molecular weight is 342 g/mol. The molecule has 0 saturated carbocycles. The van der Waals surface area contributed by atoms with Gasteiger partial charge in [0, 0.05) is 19.3 Å². The van der Waals surface area contributed by atoms with Gasteiger partial charge in [0.1, 0.15) is 0 Å². The number of nitrogens with zero attached hydrogens (tertiary/aromatic N) is 2. The predicted octanol–water partition coefficient (Wildman–Crippen LogP) is 2.86. The summed E-state index contributed by atoms with van der Waals surface area (Å²) in [7, 11) is -3.45. The minimum Gasteiger partial charge on any atom is -0.271 e. The van der Waals surface area contributed by atoms with Gasteiger partial charge < -0.3 is 0 Å². The van der Waals surface area contributed by atoms with Gasteiger partial charge in [0.2, 0.25) is 10.0 Å². The van der Waals surface area contributed by atoms with E-state index in [1.165, 1.54) is 0 Å². The number of benzene rings is 1. The summed E-state index contributed by atoms with van der Waals surface area (Å²) in [6, 6.07) is 7.04. The van der Waals surface area contributed by atoms with E-state index < -0.39 is 10.0 Å². The van der Waals surface area contributed by atoms with Crippen LogP contribution >= 0.6 is 11.6 Å². The first-order valence-corrected chi connectivity index (χ1v) is 9.14. The fourth-order valence-corrected chi connectivity index (χ4v) is 3.35. The number of halogens is 1. The van der Waals surface area contributed by atoms with Crippen molar-refractivity contribution in [2.45, 2.75) is 37.6 Å². The molecule has 0 spiro atoms. The summed E-state index contributed by atoms with van der Waals surface area (Å²) in [6.07, 6.45) is 5.92. The molecule has 0 amide bonds. The van der Waals surface area contributed by atoms with Crippen LogP contribution in [0.15, 0.2) is 41.6 Å². The standard InChI is InChI=1S/C15H20ClN3O2S/c1-2-4-13-5-7-15(8-6-13)22(20,21)18-9-3-10-19-12-14(16)11-17-19/h5-8,11-12,18H,2-4,9-10H2,1H3. The minimum absolute atomic E-state index is 0.300. The zero-order chi connectivity index (χ0) is 16.0. The maximum absolute atomic E-state index is 12.2. The van der Waals surface area contributed by atoms with Crippen molar-refractivity contribution in [1.29, 1.82) is 0 Å². The van der Waals surface area contributed by atoms with E-state index in [4.69, 9.17) is 11.6 Å². The molecule has 2 rings (SSSR count). The zero-order valence-corrected chi connectivity index (χ0v) is 14.1. The molecule has 1 aromatic carbocycles. The molecule has 120 valence electrons. The van der Waals surface area contributed by atoms with Gasteiger partial charge in [0.25, 0.3) is 0 Å². The van der Waals surface area contributed by atoms with Crippen LogP contribution in [0.3, 0.4) is 0 Å². The third-order valence-electron chi connectivity index (χ3n) is 3.23. The van der Waals surface area contributed by atoms with Crippen LogP contribution in [0, 0.1) is 0 Å². The van der Waals surface area contributed by atoms with Crippen molar-refractivity contribution in [2.24, 2.45) is 0 Å². The molecule has 0 atom stereocenters. The molecule has 7 heteroatoms. The van der Waals surface area contributed by atoms with Gasteiger partial charge in [-0.15, -0.1) is 0 Å². The highest BCUT2D eigenvalue weighted by Gasteiger charge is 2.12.